The maximum Gasteiger partial charge on any atom is 0.245 e. The lowest BCUT2D eigenvalue weighted by Crippen LogP contribution is -2.33. The highest BCUT2D eigenvalue weighted by molar-refractivity contribution is 5.79. The molecule has 0 aromatic carbocycles. The summed E-state index contributed by atoms with van der Waals surface area (Å²) >= 11 is 0. The standard InChI is InChI=1S/C9H16N2O3/c1-14-6-9(13)10-5-4-8(12)11-7-2-3-7/h7H,2-6H2,1H3,(H,10,13)(H,11,12). The fourth-order valence-corrected chi connectivity index (χ4v) is 1.03. The number of methoxy groups -OCH3 is 1. The maximum absolute atomic E-state index is 11.1. The Kier molecular flexibility index (Phi) is 4.39. The average molecular weight is 200 g/mol. The largest absolute Gasteiger partial charge is 0.375 e. The van der Waals surface area contributed by atoms with Gasteiger partial charge in [-0.25, -0.2) is 0 Å². The van der Waals surface area contributed by atoms with Crippen LogP contribution in [0.3, 0.4) is 0 Å². The Morgan fingerprint density at radius 1 is 1.36 bits per heavy atom. The molecular formula is C9H16N2O3. The van der Waals surface area contributed by atoms with Crippen LogP contribution in [0.25, 0.3) is 0 Å². The Balaban J connectivity index is 1.96. The lowest BCUT2D eigenvalue weighted by Gasteiger charge is -2.04. The third-order valence-corrected chi connectivity index (χ3v) is 1.89. The molecule has 0 saturated heterocycles. The van der Waals surface area contributed by atoms with Crippen LogP contribution >= 0.6 is 0 Å². The fraction of sp³-hybridized carbons (Fsp3) is 0.778. The van der Waals surface area contributed by atoms with Gasteiger partial charge in [0.1, 0.15) is 6.61 Å². The molecule has 1 fully saturated rings. The minimum atomic E-state index is -0.188. The summed E-state index contributed by atoms with van der Waals surface area (Å²) in [5, 5.41) is 5.42. The van der Waals surface area contributed by atoms with Gasteiger partial charge >= 0.3 is 0 Å². The van der Waals surface area contributed by atoms with Gasteiger partial charge in [0.2, 0.25) is 11.8 Å². The highest BCUT2D eigenvalue weighted by Crippen LogP contribution is 2.18. The molecule has 0 atom stereocenters. The van der Waals surface area contributed by atoms with E-state index in [1.807, 2.05) is 0 Å². The number of hydrogen-bond acceptors (Lipinski definition) is 3. The van der Waals surface area contributed by atoms with Crippen molar-refractivity contribution in [2.45, 2.75) is 25.3 Å². The molecule has 0 unspecified atom stereocenters. The molecule has 1 saturated carbocycles. The van der Waals surface area contributed by atoms with Gasteiger partial charge < -0.3 is 15.4 Å². The molecular weight excluding hydrogens is 184 g/mol. The number of hydrogen-bond donors (Lipinski definition) is 2. The molecule has 0 heterocycles. The van der Waals surface area contributed by atoms with Crippen molar-refractivity contribution in [3.05, 3.63) is 0 Å². The van der Waals surface area contributed by atoms with Gasteiger partial charge in [-0.1, -0.05) is 0 Å². The second kappa shape index (κ2) is 5.59. The highest BCUT2D eigenvalue weighted by atomic mass is 16.5. The third-order valence-electron chi connectivity index (χ3n) is 1.89. The number of carbonyl (C=O) groups excluding carboxylic acids is 2. The number of nitrogens with one attached hydrogen (secondary N) is 2. The van der Waals surface area contributed by atoms with Crippen LogP contribution < -0.4 is 10.6 Å². The van der Waals surface area contributed by atoms with E-state index in [-0.39, 0.29) is 18.4 Å². The first-order valence-corrected chi connectivity index (χ1v) is 4.77. The molecule has 1 rings (SSSR count). The van der Waals surface area contributed by atoms with E-state index < -0.39 is 0 Å². The zero-order chi connectivity index (χ0) is 10.4. The van der Waals surface area contributed by atoms with E-state index >= 15 is 0 Å². The molecule has 14 heavy (non-hydrogen) atoms. The fourth-order valence-electron chi connectivity index (χ4n) is 1.03. The van der Waals surface area contributed by atoms with Crippen LogP contribution in [0.1, 0.15) is 19.3 Å². The first-order valence-electron chi connectivity index (χ1n) is 4.77. The van der Waals surface area contributed by atoms with Crippen LogP contribution in [0.4, 0.5) is 0 Å². The summed E-state index contributed by atoms with van der Waals surface area (Å²) in [6.07, 6.45) is 2.51. The van der Waals surface area contributed by atoms with Gasteiger partial charge in [0, 0.05) is 26.1 Å². The second-order valence-electron chi connectivity index (χ2n) is 3.37. The molecule has 0 aromatic rings. The summed E-state index contributed by atoms with van der Waals surface area (Å²) in [4.78, 5) is 22.0. The van der Waals surface area contributed by atoms with E-state index in [2.05, 4.69) is 15.4 Å². The van der Waals surface area contributed by atoms with Gasteiger partial charge in [0.05, 0.1) is 0 Å². The van der Waals surface area contributed by atoms with Crippen molar-refractivity contribution >= 4 is 11.8 Å². The minimum Gasteiger partial charge on any atom is -0.375 e. The molecule has 1 aliphatic carbocycles. The smallest absolute Gasteiger partial charge is 0.245 e. The summed E-state index contributed by atoms with van der Waals surface area (Å²) in [5.74, 6) is -0.183. The molecule has 5 heteroatoms. The van der Waals surface area contributed by atoms with Crippen LogP contribution in [0, 0.1) is 0 Å². The molecule has 2 N–H and O–H groups in total. The van der Waals surface area contributed by atoms with E-state index in [1.165, 1.54) is 7.11 Å². The van der Waals surface area contributed by atoms with Crippen molar-refractivity contribution in [1.29, 1.82) is 0 Å². The van der Waals surface area contributed by atoms with Crippen molar-refractivity contribution in [2.75, 3.05) is 20.3 Å². The molecule has 0 radical (unpaired) electrons. The van der Waals surface area contributed by atoms with Gasteiger partial charge in [-0.2, -0.15) is 0 Å². The van der Waals surface area contributed by atoms with Crippen LogP contribution in [-0.2, 0) is 14.3 Å². The van der Waals surface area contributed by atoms with E-state index in [4.69, 9.17) is 0 Å². The van der Waals surface area contributed by atoms with Gasteiger partial charge in [0.15, 0.2) is 0 Å². The van der Waals surface area contributed by atoms with Gasteiger partial charge in [-0.3, -0.25) is 9.59 Å². The van der Waals surface area contributed by atoms with E-state index in [1.54, 1.807) is 0 Å². The topological polar surface area (TPSA) is 67.4 Å². The van der Waals surface area contributed by atoms with Crippen molar-refractivity contribution in [1.82, 2.24) is 10.6 Å². The SMILES string of the molecule is COCC(=O)NCCC(=O)NC1CC1. The maximum atomic E-state index is 11.1. The summed E-state index contributed by atoms with van der Waals surface area (Å²) < 4.78 is 4.62. The molecule has 5 nitrogen and oxygen atoms in total. The van der Waals surface area contributed by atoms with E-state index in [0.29, 0.717) is 19.0 Å². The van der Waals surface area contributed by atoms with Crippen molar-refractivity contribution < 1.29 is 14.3 Å². The van der Waals surface area contributed by atoms with Crippen LogP contribution in [-0.4, -0.2) is 38.1 Å². The predicted molar refractivity (Wildman–Crippen MR) is 50.7 cm³/mol. The minimum absolute atomic E-state index is 0.00483. The quantitative estimate of drug-likeness (QED) is 0.602. The zero-order valence-electron chi connectivity index (χ0n) is 8.34. The molecule has 0 aliphatic heterocycles. The van der Waals surface area contributed by atoms with Crippen molar-refractivity contribution in [3.8, 4) is 0 Å². The van der Waals surface area contributed by atoms with Gasteiger partial charge in [0.25, 0.3) is 0 Å². The lowest BCUT2D eigenvalue weighted by molar-refractivity contribution is -0.125. The summed E-state index contributed by atoms with van der Waals surface area (Å²) in [6, 6.07) is 0.386. The van der Waals surface area contributed by atoms with Gasteiger partial charge in [-0.15, -0.1) is 0 Å². The number of amides is 2. The molecule has 1 aliphatic rings. The van der Waals surface area contributed by atoms with Crippen LogP contribution in [0.15, 0.2) is 0 Å². The second-order valence-corrected chi connectivity index (χ2v) is 3.37. The molecule has 2 amide bonds. The third kappa shape index (κ3) is 4.81. The molecule has 0 bridgehead atoms. The van der Waals surface area contributed by atoms with Crippen molar-refractivity contribution in [3.63, 3.8) is 0 Å². The normalized spacial score (nSPS) is 14.9. The summed E-state index contributed by atoms with van der Waals surface area (Å²) in [5.41, 5.74) is 0. The van der Waals surface area contributed by atoms with E-state index in [0.717, 1.165) is 12.8 Å². The van der Waals surface area contributed by atoms with Crippen LogP contribution in [0.2, 0.25) is 0 Å². The Labute approximate surface area is 83.2 Å². The predicted octanol–water partition coefficient (Wildman–Crippen LogP) is -0.582. The first-order chi connectivity index (χ1) is 6.72. The van der Waals surface area contributed by atoms with Crippen molar-refractivity contribution in [2.24, 2.45) is 0 Å². The van der Waals surface area contributed by atoms with E-state index in [9.17, 15) is 9.59 Å². The first kappa shape index (κ1) is 11.0. The number of ether oxygens (including phenoxy) is 1. The number of carbonyl (C=O) groups is 2. The monoisotopic (exact) mass is 200 g/mol. The Morgan fingerprint density at radius 2 is 2.07 bits per heavy atom. The highest BCUT2D eigenvalue weighted by Gasteiger charge is 2.22. The van der Waals surface area contributed by atoms with Crippen LogP contribution in [0.5, 0.6) is 0 Å². The lowest BCUT2D eigenvalue weighted by atomic mass is 10.4. The molecule has 80 valence electrons. The summed E-state index contributed by atoms with van der Waals surface area (Å²) in [7, 11) is 1.46. The molecule has 0 spiro atoms. The molecule has 0 aromatic heterocycles. The number of rotatable bonds is 6. The zero-order valence-corrected chi connectivity index (χ0v) is 8.34. The Bertz CT molecular complexity index is 214. The van der Waals surface area contributed by atoms with Gasteiger partial charge in [-0.05, 0) is 12.8 Å². The Morgan fingerprint density at radius 3 is 2.64 bits per heavy atom. The Hall–Kier alpha value is -1.10. The average Bonchev–Trinajstić information content (AvgIpc) is 2.88. The summed E-state index contributed by atoms with van der Waals surface area (Å²) in [6.45, 7) is 0.422.